The molecule has 24 nitrogen and oxygen atoms in total. The van der Waals surface area contributed by atoms with Crippen LogP contribution in [0, 0.1) is 0 Å². The second-order valence-electron chi connectivity index (χ2n) is 12.3. The highest BCUT2D eigenvalue weighted by molar-refractivity contribution is 7.94. The van der Waals surface area contributed by atoms with Gasteiger partial charge in [0.05, 0.1) is 69.2 Å². The highest BCUT2D eigenvalue weighted by atomic mass is 32.2. The van der Waals surface area contributed by atoms with Crippen LogP contribution in [0.1, 0.15) is 23.2 Å². The van der Waals surface area contributed by atoms with Crippen LogP contribution >= 0.6 is 12.0 Å². The van der Waals surface area contributed by atoms with Crippen LogP contribution in [0.4, 0.5) is 52.0 Å². The Kier molecular flexibility index (Phi) is 16.4. The van der Waals surface area contributed by atoms with E-state index in [2.05, 4.69) is 60.7 Å². The molecule has 28 heteroatoms. The second kappa shape index (κ2) is 21.6. The maximum atomic E-state index is 12.2. The number of hydrogen-bond donors (Lipinski definition) is 7. The summed E-state index contributed by atoms with van der Waals surface area (Å²) in [5, 5.41) is 37.1. The van der Waals surface area contributed by atoms with Crippen molar-refractivity contribution in [2.45, 2.75) is 22.6 Å². The fourth-order valence-electron chi connectivity index (χ4n) is 4.88. The van der Waals surface area contributed by atoms with Crippen LogP contribution in [0.2, 0.25) is 0 Å². The summed E-state index contributed by atoms with van der Waals surface area (Å²) >= 11 is 0.726. The van der Waals surface area contributed by atoms with Gasteiger partial charge >= 0.3 is 0 Å². The fourth-order valence-corrected chi connectivity index (χ4v) is 6.74. The summed E-state index contributed by atoms with van der Waals surface area (Å²) in [6.45, 7) is -0.333. The summed E-state index contributed by atoms with van der Waals surface area (Å²) in [5.41, 5.74) is 1.48. The Labute approximate surface area is 357 Å². The fraction of sp³-hybridized carbons (Fsp3) is 0.176. The van der Waals surface area contributed by atoms with Gasteiger partial charge < -0.3 is 20.7 Å². The lowest BCUT2D eigenvalue weighted by Gasteiger charge is -2.15. The summed E-state index contributed by atoms with van der Waals surface area (Å²) in [6.07, 6.45) is 0.803. The van der Waals surface area contributed by atoms with Gasteiger partial charge in [0.2, 0.25) is 17.8 Å². The molecule has 0 saturated carbocycles. The lowest BCUT2D eigenvalue weighted by Crippen LogP contribution is -2.17. The van der Waals surface area contributed by atoms with E-state index in [1.807, 2.05) is 0 Å². The number of benzene rings is 4. The van der Waals surface area contributed by atoms with Crippen molar-refractivity contribution in [1.82, 2.24) is 15.0 Å². The molecule has 0 spiro atoms. The molecule has 5 rings (SSSR count). The van der Waals surface area contributed by atoms with Crippen LogP contribution in [0.5, 0.6) is 5.75 Å². The number of hydrogen-bond acceptors (Lipinski definition) is 22. The second-order valence-corrected chi connectivity index (χ2v) is 17.6. The van der Waals surface area contributed by atoms with Crippen LogP contribution in [0.25, 0.3) is 0 Å². The molecule has 328 valence electrons. The van der Waals surface area contributed by atoms with Crippen molar-refractivity contribution >= 4 is 101 Å². The molecule has 0 saturated heterocycles. The molecular weight excluding hydrogens is 901 g/mol. The topological polar surface area (TPSA) is 352 Å². The van der Waals surface area contributed by atoms with Crippen molar-refractivity contribution in [3.8, 4) is 5.75 Å². The zero-order valence-electron chi connectivity index (χ0n) is 31.5. The Balaban J connectivity index is 1.43. The van der Waals surface area contributed by atoms with Crippen LogP contribution in [-0.2, 0) is 39.7 Å². The molecule has 4 aromatic carbocycles. The zero-order chi connectivity index (χ0) is 44.8. The number of ether oxygens (including phenoxy) is 1. The predicted molar refractivity (Wildman–Crippen MR) is 222 cm³/mol. The summed E-state index contributed by atoms with van der Waals surface area (Å²) in [5.74, 6) is -1.49. The molecule has 0 amide bonds. The Morgan fingerprint density at radius 3 is 1.87 bits per heavy atom. The normalized spacial score (nSPS) is 12.1. The number of aldehydes is 1. The van der Waals surface area contributed by atoms with Gasteiger partial charge in [-0.3, -0.25) is 18.5 Å². The molecule has 1 heterocycles. The van der Waals surface area contributed by atoms with E-state index in [4.69, 9.17) is 14.5 Å². The van der Waals surface area contributed by atoms with Gasteiger partial charge in [-0.25, -0.2) is 5.26 Å². The van der Waals surface area contributed by atoms with Crippen molar-refractivity contribution in [3.05, 3.63) is 90.5 Å². The van der Waals surface area contributed by atoms with Gasteiger partial charge in [-0.15, -0.1) is 4.33 Å². The van der Waals surface area contributed by atoms with E-state index < -0.39 is 46.8 Å². The van der Waals surface area contributed by atoms with Crippen molar-refractivity contribution in [3.63, 3.8) is 0 Å². The number of anilines is 5. The van der Waals surface area contributed by atoms with Crippen molar-refractivity contribution in [2.75, 3.05) is 40.6 Å². The van der Waals surface area contributed by atoms with E-state index in [-0.39, 0.29) is 77.9 Å². The van der Waals surface area contributed by atoms with Gasteiger partial charge in [0.1, 0.15) is 5.75 Å². The lowest BCUT2D eigenvalue weighted by atomic mass is 10.2. The van der Waals surface area contributed by atoms with Crippen LogP contribution in [-0.4, -0.2) is 90.1 Å². The molecule has 0 aliphatic carbocycles. The maximum absolute atomic E-state index is 12.2. The third-order valence-corrected chi connectivity index (χ3v) is 10.6. The monoisotopic (exact) mass is 934 g/mol. The number of nitrogens with one attached hydrogen (secondary N) is 3. The number of azo groups is 2. The number of nitrogens with zero attached hydrogens (tertiary/aromatic N) is 7. The first-order valence-electron chi connectivity index (χ1n) is 17.4. The molecule has 0 radical (unpaired) electrons. The minimum absolute atomic E-state index is 0.00950. The van der Waals surface area contributed by atoms with E-state index >= 15 is 0 Å². The molecule has 5 aromatic rings. The Hall–Kier alpha value is -6.08. The average Bonchev–Trinajstić information content (AvgIpc) is 3.21. The van der Waals surface area contributed by atoms with Gasteiger partial charge in [0, 0.05) is 23.1 Å². The number of carbonyl (C=O) groups excluding carboxylic acids is 1. The smallest absolute Gasteiger partial charge is 0.294 e. The lowest BCUT2D eigenvalue weighted by molar-refractivity contribution is -0.432. The zero-order valence-corrected chi connectivity index (χ0v) is 34.8. The first-order valence-corrected chi connectivity index (χ1v) is 22.8. The van der Waals surface area contributed by atoms with Gasteiger partial charge in [-0.05, 0) is 79.6 Å². The summed E-state index contributed by atoms with van der Waals surface area (Å²) < 4.78 is 106. The molecule has 0 bridgehead atoms. The molecule has 0 aliphatic rings. The van der Waals surface area contributed by atoms with Gasteiger partial charge in [0.15, 0.2) is 6.29 Å². The highest BCUT2D eigenvalue weighted by Gasteiger charge is 2.15. The number of unbranched alkanes of at least 4 members (excludes halogenated alkanes) is 1. The SMILES string of the molecule is O=Cc1cc(N=Nc2cccc(S(=O)(=O)O)c2)ccc1Nc1nc(NCCS(=O)(=O)O)nc(Nc2ccc(N=Nc3cccc(SOOO)c3)cc2OCCCCS(=O)(=O)O)n1. The Morgan fingerprint density at radius 1 is 0.661 bits per heavy atom. The van der Waals surface area contributed by atoms with Crippen LogP contribution < -0.4 is 20.7 Å². The third kappa shape index (κ3) is 15.7. The van der Waals surface area contributed by atoms with Crippen molar-refractivity contribution < 1.29 is 63.1 Å². The Morgan fingerprint density at radius 2 is 1.24 bits per heavy atom. The molecule has 1 aromatic heterocycles. The number of rotatable bonds is 23. The van der Waals surface area contributed by atoms with Crippen LogP contribution in [0.15, 0.2) is 115 Å². The van der Waals surface area contributed by atoms with E-state index in [0.717, 1.165) is 18.1 Å². The summed E-state index contributed by atoms with van der Waals surface area (Å²) in [7, 11) is -13.1. The largest absolute Gasteiger partial charge is 0.491 e. The van der Waals surface area contributed by atoms with Gasteiger partial charge in [0.25, 0.3) is 30.4 Å². The molecule has 62 heavy (non-hydrogen) atoms. The third-order valence-electron chi connectivity index (χ3n) is 7.61. The van der Waals surface area contributed by atoms with Crippen LogP contribution in [0.3, 0.4) is 0 Å². The summed E-state index contributed by atoms with van der Waals surface area (Å²) in [6, 6.07) is 20.5. The Bertz CT molecular complexity index is 2780. The molecule has 0 aliphatic heterocycles. The van der Waals surface area contributed by atoms with E-state index in [9.17, 15) is 39.2 Å². The highest BCUT2D eigenvalue weighted by Crippen LogP contribution is 2.34. The quantitative estimate of drug-likeness (QED) is 0.00657. The molecule has 0 unspecified atom stereocenters. The van der Waals surface area contributed by atoms with Gasteiger partial charge in [-0.2, -0.15) is 60.7 Å². The minimum Gasteiger partial charge on any atom is -0.491 e. The van der Waals surface area contributed by atoms with Gasteiger partial charge in [-0.1, -0.05) is 17.2 Å². The molecule has 7 N–H and O–H groups in total. The molecule has 0 fully saturated rings. The molecular formula is C34H34N10O14S4. The van der Waals surface area contributed by atoms with E-state index in [1.165, 1.54) is 42.5 Å². The predicted octanol–water partition coefficient (Wildman–Crippen LogP) is 7.02. The standard InChI is InChI=1S/C34H34N10O14S4/c45-21-22-17-25(43-42-24-6-4-8-28(19-24)62(53,54)55)9-11-29(22)36-33-38-32(35-13-16-61(50,51)52)39-34(40-33)37-30-12-10-26(20-31(30)56-14-1-2-15-60(47,48)49)44-41-23-5-3-7-27(18-23)59-58-57-46/h3-12,17-21,46H,1-2,13-16H2,(H,47,48,49)(H,50,51,52)(H,53,54,55)(H3,35,36,37,38,39,40). The van der Waals surface area contributed by atoms with Crippen molar-refractivity contribution in [2.24, 2.45) is 20.5 Å². The first-order chi connectivity index (χ1) is 29.5. The van der Waals surface area contributed by atoms with E-state index in [0.29, 0.717) is 22.6 Å². The number of aromatic nitrogens is 3. The number of carbonyl (C=O) groups is 1. The first kappa shape index (κ1) is 47.0. The average molecular weight is 935 g/mol. The molecule has 0 atom stereocenters. The van der Waals surface area contributed by atoms with E-state index in [1.54, 1.807) is 36.4 Å². The van der Waals surface area contributed by atoms with Crippen molar-refractivity contribution in [1.29, 1.82) is 0 Å². The maximum Gasteiger partial charge on any atom is 0.294 e. The minimum atomic E-state index is -4.49. The summed E-state index contributed by atoms with van der Waals surface area (Å²) in [4.78, 5) is 25.2.